The van der Waals surface area contributed by atoms with Crippen LogP contribution in [0.15, 0.2) is 36.4 Å². The number of hydrogen-bond acceptors (Lipinski definition) is 4. The Morgan fingerprint density at radius 3 is 2.73 bits per heavy atom. The molecule has 0 atom stereocenters. The minimum atomic E-state index is -0.182. The zero-order valence-electron chi connectivity index (χ0n) is 14.4. The van der Waals surface area contributed by atoms with Gasteiger partial charge in [-0.15, -0.1) is 11.3 Å². The van der Waals surface area contributed by atoms with E-state index >= 15 is 0 Å². The van der Waals surface area contributed by atoms with Crippen LogP contribution in [0.3, 0.4) is 0 Å². The van der Waals surface area contributed by atoms with Gasteiger partial charge in [0.2, 0.25) is 0 Å². The van der Waals surface area contributed by atoms with Crippen LogP contribution < -0.4 is 10.1 Å². The van der Waals surface area contributed by atoms with Gasteiger partial charge >= 0.3 is 0 Å². The van der Waals surface area contributed by atoms with Crippen LogP contribution in [0.2, 0.25) is 5.02 Å². The van der Waals surface area contributed by atoms with E-state index < -0.39 is 0 Å². The van der Waals surface area contributed by atoms with Crippen molar-refractivity contribution in [1.82, 2.24) is 4.98 Å². The third-order valence-electron chi connectivity index (χ3n) is 4.52. The number of carbonyl (C=O) groups excluding carboxylic acids is 1. The summed E-state index contributed by atoms with van der Waals surface area (Å²) in [6, 6.07) is 11.0. The molecule has 0 aliphatic heterocycles. The minimum absolute atomic E-state index is 0.182. The van der Waals surface area contributed by atoms with Gasteiger partial charge in [0, 0.05) is 21.0 Å². The molecule has 6 heteroatoms. The van der Waals surface area contributed by atoms with E-state index in [0.29, 0.717) is 15.7 Å². The fourth-order valence-electron chi connectivity index (χ4n) is 3.18. The van der Waals surface area contributed by atoms with Crippen molar-refractivity contribution in [2.75, 3.05) is 12.4 Å². The van der Waals surface area contributed by atoms with Crippen molar-refractivity contribution < 1.29 is 9.53 Å². The number of aryl methyl sites for hydroxylation is 3. The highest BCUT2D eigenvalue weighted by Gasteiger charge is 2.23. The Morgan fingerprint density at radius 1 is 1.23 bits per heavy atom. The lowest BCUT2D eigenvalue weighted by molar-refractivity contribution is 0.102. The lowest BCUT2D eigenvalue weighted by atomic mass is 9.91. The first kappa shape index (κ1) is 17.1. The maximum absolute atomic E-state index is 12.4. The van der Waals surface area contributed by atoms with Gasteiger partial charge in [-0.25, -0.2) is 4.98 Å². The van der Waals surface area contributed by atoms with Crippen LogP contribution >= 0.6 is 22.9 Å². The number of benzene rings is 2. The van der Waals surface area contributed by atoms with E-state index in [0.717, 1.165) is 35.4 Å². The number of carbonyl (C=O) groups is 1. The van der Waals surface area contributed by atoms with Gasteiger partial charge < -0.3 is 4.74 Å². The molecule has 1 aliphatic rings. The molecule has 0 saturated carbocycles. The summed E-state index contributed by atoms with van der Waals surface area (Å²) in [6.45, 7) is 2.03. The first-order valence-corrected chi connectivity index (χ1v) is 9.49. The fraction of sp³-hybridized carbons (Fsp3) is 0.200. The molecule has 1 N–H and O–H groups in total. The number of halogens is 1. The minimum Gasteiger partial charge on any atom is -0.496 e. The van der Waals surface area contributed by atoms with Crippen LogP contribution in [0, 0.1) is 6.92 Å². The average molecular weight is 385 g/mol. The zero-order valence-corrected chi connectivity index (χ0v) is 16.0. The zero-order chi connectivity index (χ0) is 18.3. The summed E-state index contributed by atoms with van der Waals surface area (Å²) < 4.78 is 5.43. The van der Waals surface area contributed by atoms with Crippen LogP contribution in [0.5, 0.6) is 5.75 Å². The van der Waals surface area contributed by atoms with Crippen molar-refractivity contribution in [3.05, 3.63) is 63.0 Å². The summed E-state index contributed by atoms with van der Waals surface area (Å²) in [6.07, 6.45) is 1.87. The normalized spacial score (nSPS) is 12.3. The maximum atomic E-state index is 12.4. The highest BCUT2D eigenvalue weighted by atomic mass is 35.5. The molecule has 2 aromatic carbocycles. The van der Waals surface area contributed by atoms with Crippen LogP contribution in [0.4, 0.5) is 5.13 Å². The van der Waals surface area contributed by atoms with E-state index in [-0.39, 0.29) is 5.91 Å². The highest BCUT2D eigenvalue weighted by molar-refractivity contribution is 7.16. The number of nitrogens with zero attached hydrogens (tertiary/aromatic N) is 1. The number of hydrogen-bond donors (Lipinski definition) is 1. The van der Waals surface area contributed by atoms with E-state index in [1.54, 1.807) is 42.7 Å². The molecule has 0 bridgehead atoms. The van der Waals surface area contributed by atoms with Gasteiger partial charge in [-0.05, 0) is 67.3 Å². The lowest BCUT2D eigenvalue weighted by Gasteiger charge is -2.17. The molecule has 26 heavy (non-hydrogen) atoms. The summed E-state index contributed by atoms with van der Waals surface area (Å²) in [5.41, 5.74) is 4.98. The van der Waals surface area contributed by atoms with E-state index in [1.807, 2.05) is 6.92 Å². The maximum Gasteiger partial charge on any atom is 0.257 e. The van der Waals surface area contributed by atoms with Crippen molar-refractivity contribution in [2.24, 2.45) is 0 Å². The highest BCUT2D eigenvalue weighted by Crippen LogP contribution is 2.40. The molecule has 3 aromatic rings. The van der Waals surface area contributed by atoms with E-state index in [9.17, 15) is 4.79 Å². The van der Waals surface area contributed by atoms with Gasteiger partial charge in [-0.2, -0.15) is 0 Å². The molecule has 1 amide bonds. The van der Waals surface area contributed by atoms with Crippen molar-refractivity contribution in [3.63, 3.8) is 0 Å². The number of amides is 1. The van der Waals surface area contributed by atoms with Crippen molar-refractivity contribution in [2.45, 2.75) is 19.8 Å². The molecule has 0 saturated heterocycles. The predicted molar refractivity (Wildman–Crippen MR) is 106 cm³/mol. The Hall–Kier alpha value is -2.37. The van der Waals surface area contributed by atoms with Crippen LogP contribution in [-0.2, 0) is 12.8 Å². The Balaban J connectivity index is 1.64. The largest absolute Gasteiger partial charge is 0.496 e. The molecule has 0 unspecified atom stereocenters. The molecule has 1 aromatic heterocycles. The lowest BCUT2D eigenvalue weighted by Crippen LogP contribution is -2.11. The van der Waals surface area contributed by atoms with Gasteiger partial charge in [0.25, 0.3) is 5.91 Å². The molecule has 0 fully saturated rings. The van der Waals surface area contributed by atoms with Crippen molar-refractivity contribution in [3.8, 4) is 17.0 Å². The number of ether oxygens (including phenoxy) is 1. The molecule has 132 valence electrons. The summed E-state index contributed by atoms with van der Waals surface area (Å²) in [4.78, 5) is 18.3. The number of fused-ring (bicyclic) bond motifs is 3. The summed E-state index contributed by atoms with van der Waals surface area (Å²) >= 11 is 7.42. The number of nitrogens with one attached hydrogen (secondary N) is 1. The number of methoxy groups -OCH3 is 1. The van der Waals surface area contributed by atoms with Crippen molar-refractivity contribution in [1.29, 1.82) is 0 Å². The third kappa shape index (κ3) is 3.08. The SMILES string of the molecule is COc1cc2c(cc1C)-c1nc(NC(=O)c3ccc(Cl)cc3)sc1CC2. The Labute approximate surface area is 160 Å². The predicted octanol–water partition coefficient (Wildman–Crippen LogP) is 5.13. The quantitative estimate of drug-likeness (QED) is 0.680. The summed E-state index contributed by atoms with van der Waals surface area (Å²) in [5, 5.41) is 4.13. The van der Waals surface area contributed by atoms with Crippen LogP contribution in [0.25, 0.3) is 11.3 Å². The second-order valence-electron chi connectivity index (χ2n) is 6.23. The molecule has 0 radical (unpaired) electrons. The summed E-state index contributed by atoms with van der Waals surface area (Å²) in [7, 11) is 1.69. The van der Waals surface area contributed by atoms with Crippen LogP contribution in [-0.4, -0.2) is 18.0 Å². The first-order chi connectivity index (χ1) is 12.5. The second-order valence-corrected chi connectivity index (χ2v) is 7.75. The Bertz CT molecular complexity index is 996. The monoisotopic (exact) mass is 384 g/mol. The van der Waals surface area contributed by atoms with Gasteiger partial charge in [0.15, 0.2) is 5.13 Å². The molecule has 1 aliphatic carbocycles. The first-order valence-electron chi connectivity index (χ1n) is 8.29. The molecular weight excluding hydrogens is 368 g/mol. The third-order valence-corrected chi connectivity index (χ3v) is 5.80. The molecular formula is C20H17ClN2O2S. The standard InChI is InChI=1S/C20H17ClN2O2S/c1-11-9-15-13(10-16(11)25-2)5-8-17-18(15)22-20(26-17)23-19(24)12-3-6-14(21)7-4-12/h3-4,6-7,9-10H,5,8H2,1-2H3,(H,22,23,24). The van der Waals surface area contributed by atoms with Crippen LogP contribution in [0.1, 0.15) is 26.4 Å². The number of rotatable bonds is 3. The van der Waals surface area contributed by atoms with Gasteiger partial charge in [-0.1, -0.05) is 11.6 Å². The van der Waals surface area contributed by atoms with Gasteiger partial charge in [0.05, 0.1) is 12.8 Å². The molecule has 4 rings (SSSR count). The fourth-order valence-corrected chi connectivity index (χ4v) is 4.28. The van der Waals surface area contributed by atoms with E-state index in [4.69, 9.17) is 21.3 Å². The second kappa shape index (κ2) is 6.74. The topological polar surface area (TPSA) is 51.2 Å². The summed E-state index contributed by atoms with van der Waals surface area (Å²) in [5.74, 6) is 0.720. The Kier molecular flexibility index (Phi) is 4.42. The van der Waals surface area contributed by atoms with Gasteiger partial charge in [-0.3, -0.25) is 10.1 Å². The van der Waals surface area contributed by atoms with E-state index in [1.165, 1.54) is 10.4 Å². The number of aromatic nitrogens is 1. The molecule has 0 spiro atoms. The average Bonchev–Trinajstić information content (AvgIpc) is 3.04. The Morgan fingerprint density at radius 2 is 2.00 bits per heavy atom. The van der Waals surface area contributed by atoms with Gasteiger partial charge in [0.1, 0.15) is 5.75 Å². The molecule has 4 nitrogen and oxygen atoms in total. The number of thiazole rings is 1. The smallest absolute Gasteiger partial charge is 0.257 e. The molecule has 1 heterocycles. The van der Waals surface area contributed by atoms with Crippen molar-refractivity contribution >= 4 is 34.0 Å². The van der Waals surface area contributed by atoms with E-state index in [2.05, 4.69) is 17.4 Å². The number of anilines is 1.